The van der Waals surface area contributed by atoms with Crippen molar-refractivity contribution in [2.24, 2.45) is 0 Å². The fraction of sp³-hybridized carbons (Fsp3) is 0.350. The first-order valence-electron chi connectivity index (χ1n) is 8.25. The zero-order valence-corrected chi connectivity index (χ0v) is 16.4. The van der Waals surface area contributed by atoms with Crippen LogP contribution in [0.2, 0.25) is 19.6 Å². The summed E-state index contributed by atoms with van der Waals surface area (Å²) in [4.78, 5) is 12.6. The lowest BCUT2D eigenvalue weighted by Gasteiger charge is -2.26. The lowest BCUT2D eigenvalue weighted by molar-refractivity contribution is 0.0526. The molecule has 0 aliphatic heterocycles. The van der Waals surface area contributed by atoms with Crippen LogP contribution in [0.1, 0.15) is 29.8 Å². The lowest BCUT2D eigenvalue weighted by Crippen LogP contribution is -2.26. The summed E-state index contributed by atoms with van der Waals surface area (Å²) in [6.45, 7) is 11.0. The molecule has 0 spiro atoms. The Labute approximate surface area is 145 Å². The van der Waals surface area contributed by atoms with Gasteiger partial charge in [-0.05, 0) is 41.4 Å². The summed E-state index contributed by atoms with van der Waals surface area (Å²) in [7, 11) is -0.0969. The van der Waals surface area contributed by atoms with Gasteiger partial charge in [0.05, 0.1) is 33.1 Å². The first kappa shape index (κ1) is 18.3. The van der Waals surface area contributed by atoms with Crippen molar-refractivity contribution >= 4 is 30.0 Å². The molecule has 0 N–H and O–H groups in total. The van der Waals surface area contributed by atoms with Crippen LogP contribution in [0.25, 0.3) is 16.0 Å². The third kappa shape index (κ3) is 3.54. The quantitative estimate of drug-likeness (QED) is 0.422. The predicted molar refractivity (Wildman–Crippen MR) is 103 cm³/mol. The zero-order chi connectivity index (χ0) is 17.9. The number of benzene rings is 2. The molecular formula is C20H26O3Si. The highest BCUT2D eigenvalue weighted by molar-refractivity contribution is 6.94. The van der Waals surface area contributed by atoms with Gasteiger partial charge >= 0.3 is 5.97 Å². The van der Waals surface area contributed by atoms with E-state index in [1.165, 1.54) is 0 Å². The molecule has 0 heterocycles. The van der Waals surface area contributed by atoms with Gasteiger partial charge in [0.2, 0.25) is 0 Å². The van der Waals surface area contributed by atoms with E-state index in [-0.39, 0.29) is 5.97 Å². The van der Waals surface area contributed by atoms with E-state index in [0.717, 1.165) is 27.3 Å². The van der Waals surface area contributed by atoms with Crippen LogP contribution < -0.4 is 0 Å². The van der Waals surface area contributed by atoms with Gasteiger partial charge in [-0.2, -0.15) is 0 Å². The topological polar surface area (TPSA) is 35.5 Å². The van der Waals surface area contributed by atoms with E-state index >= 15 is 0 Å². The third-order valence-electron chi connectivity index (χ3n) is 4.08. The lowest BCUT2D eigenvalue weighted by atomic mass is 9.98. The van der Waals surface area contributed by atoms with Gasteiger partial charge in [0.1, 0.15) is 0 Å². The Morgan fingerprint density at radius 2 is 1.75 bits per heavy atom. The minimum atomic E-state index is -1.78. The summed E-state index contributed by atoms with van der Waals surface area (Å²) in [5, 5.41) is 3.34. The van der Waals surface area contributed by atoms with Crippen molar-refractivity contribution in [1.29, 1.82) is 0 Å². The maximum Gasteiger partial charge on any atom is 0.338 e. The SMILES string of the molecule is CCOC(=O)c1ccc2ccccc2c1/C(=C(\C)OC)[Si](C)(C)C. The highest BCUT2D eigenvalue weighted by Gasteiger charge is 2.29. The number of rotatable bonds is 5. The fourth-order valence-corrected chi connectivity index (χ4v) is 5.28. The van der Waals surface area contributed by atoms with Crippen LogP contribution in [0, 0.1) is 0 Å². The van der Waals surface area contributed by atoms with Crippen LogP contribution in [-0.4, -0.2) is 27.8 Å². The molecule has 0 saturated carbocycles. The standard InChI is InChI=1S/C20H26O3Si/c1-7-23-20(21)17-13-12-15-10-8-9-11-16(15)18(17)19(14(2)22-3)24(4,5)6/h8-13H,7H2,1-6H3/b19-14-. The molecular weight excluding hydrogens is 316 g/mol. The van der Waals surface area contributed by atoms with Crippen molar-refractivity contribution in [3.8, 4) is 0 Å². The predicted octanol–water partition coefficient (Wildman–Crippen LogP) is 5.27. The Morgan fingerprint density at radius 3 is 2.33 bits per heavy atom. The molecule has 2 aromatic carbocycles. The van der Waals surface area contributed by atoms with Gasteiger partial charge in [0, 0.05) is 0 Å². The third-order valence-corrected chi connectivity index (χ3v) is 6.18. The molecule has 24 heavy (non-hydrogen) atoms. The van der Waals surface area contributed by atoms with Crippen molar-refractivity contribution in [3.05, 3.63) is 53.3 Å². The Balaban J connectivity index is 2.91. The summed E-state index contributed by atoms with van der Waals surface area (Å²) in [5.41, 5.74) is 1.58. The van der Waals surface area contributed by atoms with Gasteiger partial charge in [0.25, 0.3) is 0 Å². The number of hydrogen-bond acceptors (Lipinski definition) is 3. The van der Waals surface area contributed by atoms with Gasteiger partial charge in [-0.25, -0.2) is 4.79 Å². The summed E-state index contributed by atoms with van der Waals surface area (Å²) in [6, 6.07) is 12.0. The van der Waals surface area contributed by atoms with Crippen molar-refractivity contribution in [3.63, 3.8) is 0 Å². The van der Waals surface area contributed by atoms with Crippen molar-refractivity contribution < 1.29 is 14.3 Å². The molecule has 4 heteroatoms. The maximum absolute atomic E-state index is 12.6. The van der Waals surface area contributed by atoms with E-state index in [4.69, 9.17) is 9.47 Å². The second kappa shape index (κ2) is 7.22. The molecule has 0 fully saturated rings. The maximum atomic E-state index is 12.6. The highest BCUT2D eigenvalue weighted by atomic mass is 28.3. The molecule has 0 aromatic heterocycles. The van der Waals surface area contributed by atoms with E-state index in [1.54, 1.807) is 7.11 Å². The minimum Gasteiger partial charge on any atom is -0.502 e. The van der Waals surface area contributed by atoms with Gasteiger partial charge in [-0.1, -0.05) is 50.0 Å². The van der Waals surface area contributed by atoms with E-state index in [0.29, 0.717) is 12.2 Å². The van der Waals surface area contributed by atoms with Crippen LogP contribution in [-0.2, 0) is 9.47 Å². The molecule has 0 aliphatic carbocycles. The molecule has 3 nitrogen and oxygen atoms in total. The normalized spacial score (nSPS) is 12.8. The molecule has 0 aliphatic rings. The summed E-state index contributed by atoms with van der Waals surface area (Å²) in [6.07, 6.45) is 0. The van der Waals surface area contributed by atoms with Crippen molar-refractivity contribution in [2.45, 2.75) is 33.5 Å². The second-order valence-corrected chi connectivity index (χ2v) is 11.8. The Hall–Kier alpha value is -2.07. The number of carbonyl (C=O) groups excluding carboxylic acids is 1. The second-order valence-electron chi connectivity index (χ2n) is 6.82. The molecule has 0 unspecified atom stereocenters. The molecule has 2 aromatic rings. The number of ether oxygens (including phenoxy) is 2. The summed E-state index contributed by atoms with van der Waals surface area (Å²) >= 11 is 0. The number of hydrogen-bond donors (Lipinski definition) is 0. The van der Waals surface area contributed by atoms with Gasteiger partial charge in [0.15, 0.2) is 0 Å². The van der Waals surface area contributed by atoms with Crippen LogP contribution in [0.4, 0.5) is 0 Å². The first-order valence-corrected chi connectivity index (χ1v) is 11.8. The first-order chi connectivity index (χ1) is 11.3. The molecule has 0 atom stereocenters. The van der Waals surface area contributed by atoms with Gasteiger partial charge in [-0.15, -0.1) is 0 Å². The van der Waals surface area contributed by atoms with Crippen LogP contribution in [0.15, 0.2) is 42.2 Å². The number of esters is 1. The summed E-state index contributed by atoms with van der Waals surface area (Å²) < 4.78 is 10.9. The highest BCUT2D eigenvalue weighted by Crippen LogP contribution is 2.37. The van der Waals surface area contributed by atoms with E-state index < -0.39 is 8.07 Å². The zero-order valence-electron chi connectivity index (χ0n) is 15.4. The van der Waals surface area contributed by atoms with Crippen LogP contribution in [0.3, 0.4) is 0 Å². The van der Waals surface area contributed by atoms with E-state index in [1.807, 2.05) is 38.1 Å². The Kier molecular flexibility index (Phi) is 5.50. The summed E-state index contributed by atoms with van der Waals surface area (Å²) in [5.74, 6) is 0.592. The van der Waals surface area contributed by atoms with Crippen molar-refractivity contribution in [1.82, 2.24) is 0 Å². The van der Waals surface area contributed by atoms with Crippen LogP contribution in [0.5, 0.6) is 0 Å². The van der Waals surface area contributed by atoms with Crippen molar-refractivity contribution in [2.75, 3.05) is 13.7 Å². The van der Waals surface area contributed by atoms with Gasteiger partial charge in [-0.3, -0.25) is 0 Å². The fourth-order valence-electron chi connectivity index (χ4n) is 3.10. The smallest absolute Gasteiger partial charge is 0.338 e. The number of fused-ring (bicyclic) bond motifs is 1. The monoisotopic (exact) mass is 342 g/mol. The molecule has 0 saturated heterocycles. The number of carbonyl (C=O) groups is 1. The number of methoxy groups -OCH3 is 1. The molecule has 0 amide bonds. The van der Waals surface area contributed by atoms with E-state index in [9.17, 15) is 4.79 Å². The Morgan fingerprint density at radius 1 is 1.08 bits per heavy atom. The molecule has 2 rings (SSSR count). The molecule has 128 valence electrons. The molecule has 0 bridgehead atoms. The number of allylic oxidation sites excluding steroid dienone is 1. The van der Waals surface area contributed by atoms with E-state index in [2.05, 4.69) is 31.8 Å². The minimum absolute atomic E-state index is 0.280. The van der Waals surface area contributed by atoms with Crippen LogP contribution >= 0.6 is 0 Å². The average Bonchev–Trinajstić information content (AvgIpc) is 2.53. The van der Waals surface area contributed by atoms with Gasteiger partial charge < -0.3 is 9.47 Å². The largest absolute Gasteiger partial charge is 0.502 e. The Bertz CT molecular complexity index is 785. The average molecular weight is 343 g/mol. The molecule has 0 radical (unpaired) electrons.